The van der Waals surface area contributed by atoms with E-state index in [0.717, 1.165) is 4.70 Å². The van der Waals surface area contributed by atoms with Crippen LogP contribution in [0.1, 0.15) is 10.4 Å². The zero-order valence-corrected chi connectivity index (χ0v) is 20.1. The van der Waals surface area contributed by atoms with Crippen molar-refractivity contribution >= 4 is 68.2 Å². The summed E-state index contributed by atoms with van der Waals surface area (Å²) in [6.45, 7) is 1.09. The fourth-order valence-corrected chi connectivity index (χ4v) is 4.37. The van der Waals surface area contributed by atoms with Gasteiger partial charge < -0.3 is 14.4 Å². The van der Waals surface area contributed by atoms with Crippen molar-refractivity contribution in [1.82, 2.24) is 9.88 Å². The summed E-state index contributed by atoms with van der Waals surface area (Å²) < 4.78 is 11.7. The maximum atomic E-state index is 13.4. The SMILES string of the molecule is COc1ccc(OC)c2sc(N(CCN(C)C)C(=O)c3ccc(Cl)cc3Cl)nc12.Cl. The molecule has 1 aromatic heterocycles. The molecule has 0 aliphatic rings. The summed E-state index contributed by atoms with van der Waals surface area (Å²) in [5, 5.41) is 1.31. The topological polar surface area (TPSA) is 54.9 Å². The fourth-order valence-electron chi connectivity index (χ4n) is 2.78. The number of carbonyl (C=O) groups excluding carboxylic acids is 1. The molecule has 0 saturated carbocycles. The maximum absolute atomic E-state index is 13.4. The first kappa shape index (κ1) is 24.5. The average Bonchev–Trinajstić information content (AvgIpc) is 3.12. The second-order valence-corrected chi connectivity index (χ2v) is 8.35. The van der Waals surface area contributed by atoms with E-state index in [1.165, 1.54) is 11.3 Å². The van der Waals surface area contributed by atoms with Crippen molar-refractivity contribution in [2.24, 2.45) is 0 Å². The highest BCUT2D eigenvalue weighted by molar-refractivity contribution is 7.22. The predicted molar refractivity (Wildman–Crippen MR) is 127 cm³/mol. The van der Waals surface area contributed by atoms with Gasteiger partial charge >= 0.3 is 0 Å². The van der Waals surface area contributed by atoms with Gasteiger partial charge in [-0.15, -0.1) is 12.4 Å². The Bertz CT molecular complexity index is 1000. The van der Waals surface area contributed by atoms with Gasteiger partial charge in [-0.05, 0) is 44.4 Å². The molecule has 0 spiro atoms. The molecule has 0 N–H and O–H groups in total. The van der Waals surface area contributed by atoms with Crippen LogP contribution >= 0.6 is 46.9 Å². The quantitative estimate of drug-likeness (QED) is 0.453. The van der Waals surface area contributed by atoms with Crippen molar-refractivity contribution in [3.63, 3.8) is 0 Å². The minimum atomic E-state index is -0.245. The molecule has 3 rings (SSSR count). The number of likely N-dealkylation sites (N-methyl/N-ethyl adjacent to an activating group) is 1. The summed E-state index contributed by atoms with van der Waals surface area (Å²) in [6, 6.07) is 8.46. The van der Waals surface area contributed by atoms with Crippen LogP contribution in [0.3, 0.4) is 0 Å². The number of anilines is 1. The highest BCUT2D eigenvalue weighted by Gasteiger charge is 2.25. The minimum absolute atomic E-state index is 0. The Morgan fingerprint density at radius 2 is 1.73 bits per heavy atom. The molecule has 0 aliphatic carbocycles. The number of halogens is 3. The lowest BCUT2D eigenvalue weighted by molar-refractivity contribution is 0.0985. The molecule has 3 aromatic rings. The molecule has 0 radical (unpaired) electrons. The number of amides is 1. The van der Waals surface area contributed by atoms with Gasteiger partial charge in [-0.25, -0.2) is 4.98 Å². The lowest BCUT2D eigenvalue weighted by Crippen LogP contribution is -2.36. The number of aromatic nitrogens is 1. The van der Waals surface area contributed by atoms with E-state index >= 15 is 0 Å². The Labute approximate surface area is 195 Å². The lowest BCUT2D eigenvalue weighted by Gasteiger charge is -2.22. The van der Waals surface area contributed by atoms with Crippen molar-refractivity contribution in [3.8, 4) is 11.5 Å². The van der Waals surface area contributed by atoms with E-state index < -0.39 is 0 Å². The Hall–Kier alpha value is -1.77. The van der Waals surface area contributed by atoms with Crippen LogP contribution in [-0.4, -0.2) is 57.2 Å². The number of ether oxygens (including phenoxy) is 2. The number of nitrogens with zero attached hydrogens (tertiary/aromatic N) is 3. The third kappa shape index (κ3) is 5.10. The molecular weight excluding hydrogens is 469 g/mol. The Balaban J connectivity index is 0.00000320. The van der Waals surface area contributed by atoms with E-state index in [1.54, 1.807) is 43.4 Å². The standard InChI is InChI=1S/C20H21Cl2N3O3S.ClH/c1-24(2)9-10-25(19(26)13-6-5-12(21)11-14(13)22)20-23-17-15(27-3)7-8-16(28-4)18(17)29-20;/h5-8,11H,9-10H2,1-4H3;1H. The first-order chi connectivity index (χ1) is 13.8. The van der Waals surface area contributed by atoms with Crippen molar-refractivity contribution < 1.29 is 14.3 Å². The van der Waals surface area contributed by atoms with Crippen LogP contribution in [0.25, 0.3) is 10.2 Å². The van der Waals surface area contributed by atoms with E-state index in [0.29, 0.717) is 50.8 Å². The third-order valence-corrected chi connectivity index (χ3v) is 5.95. The number of benzene rings is 2. The van der Waals surface area contributed by atoms with Crippen LogP contribution < -0.4 is 14.4 Å². The molecule has 30 heavy (non-hydrogen) atoms. The van der Waals surface area contributed by atoms with E-state index in [2.05, 4.69) is 0 Å². The number of methoxy groups -OCH3 is 2. The molecule has 0 bridgehead atoms. The van der Waals surface area contributed by atoms with Crippen LogP contribution in [0.4, 0.5) is 5.13 Å². The highest BCUT2D eigenvalue weighted by Crippen LogP contribution is 2.40. The molecule has 2 aromatic carbocycles. The van der Waals surface area contributed by atoms with E-state index in [4.69, 9.17) is 37.7 Å². The monoisotopic (exact) mass is 489 g/mol. The zero-order valence-electron chi connectivity index (χ0n) is 16.9. The van der Waals surface area contributed by atoms with Gasteiger partial charge in [-0.2, -0.15) is 0 Å². The smallest absolute Gasteiger partial charge is 0.261 e. The maximum Gasteiger partial charge on any atom is 0.261 e. The summed E-state index contributed by atoms with van der Waals surface area (Å²) in [7, 11) is 7.08. The van der Waals surface area contributed by atoms with Crippen LogP contribution in [0.2, 0.25) is 10.0 Å². The number of hydrogen-bond donors (Lipinski definition) is 0. The van der Waals surface area contributed by atoms with Crippen molar-refractivity contribution in [3.05, 3.63) is 45.9 Å². The molecule has 1 amide bonds. The average molecular weight is 491 g/mol. The number of hydrogen-bond acceptors (Lipinski definition) is 6. The van der Waals surface area contributed by atoms with Crippen LogP contribution in [0.5, 0.6) is 11.5 Å². The van der Waals surface area contributed by atoms with E-state index in [9.17, 15) is 4.79 Å². The fraction of sp³-hybridized carbons (Fsp3) is 0.300. The largest absolute Gasteiger partial charge is 0.495 e. The van der Waals surface area contributed by atoms with Crippen molar-refractivity contribution in [2.45, 2.75) is 0 Å². The number of thiazole rings is 1. The Morgan fingerprint density at radius 1 is 1.07 bits per heavy atom. The van der Waals surface area contributed by atoms with Crippen LogP contribution in [0, 0.1) is 0 Å². The van der Waals surface area contributed by atoms with Gasteiger partial charge in [0, 0.05) is 18.1 Å². The second kappa shape index (κ2) is 10.5. The van der Waals surface area contributed by atoms with E-state index in [1.807, 2.05) is 25.1 Å². The number of carbonyl (C=O) groups is 1. The van der Waals surface area contributed by atoms with Crippen molar-refractivity contribution in [1.29, 1.82) is 0 Å². The molecule has 0 fully saturated rings. The molecule has 0 atom stereocenters. The van der Waals surface area contributed by atoms with Gasteiger partial charge in [0.25, 0.3) is 5.91 Å². The molecule has 162 valence electrons. The zero-order chi connectivity index (χ0) is 21.1. The number of fused-ring (bicyclic) bond motifs is 1. The highest BCUT2D eigenvalue weighted by atomic mass is 35.5. The summed E-state index contributed by atoms with van der Waals surface area (Å²) in [5.74, 6) is 1.05. The Kier molecular flexibility index (Phi) is 8.58. The second-order valence-electron chi connectivity index (χ2n) is 6.53. The van der Waals surface area contributed by atoms with Crippen molar-refractivity contribution in [2.75, 3.05) is 46.3 Å². The van der Waals surface area contributed by atoms with E-state index in [-0.39, 0.29) is 18.3 Å². The minimum Gasteiger partial charge on any atom is -0.495 e. The molecule has 0 saturated heterocycles. The predicted octanol–water partition coefficient (Wildman–Crippen LogP) is 5.25. The van der Waals surface area contributed by atoms with Gasteiger partial charge in [-0.1, -0.05) is 34.5 Å². The first-order valence-electron chi connectivity index (χ1n) is 8.79. The summed E-state index contributed by atoms with van der Waals surface area (Å²) in [5.41, 5.74) is 1.02. The van der Waals surface area contributed by atoms with Gasteiger partial charge in [0.05, 0.1) is 24.8 Å². The van der Waals surface area contributed by atoms with Gasteiger partial charge in [0.1, 0.15) is 21.7 Å². The normalized spacial score (nSPS) is 10.8. The van der Waals surface area contributed by atoms with Crippen LogP contribution in [-0.2, 0) is 0 Å². The summed E-state index contributed by atoms with van der Waals surface area (Å²) >= 11 is 13.7. The molecule has 1 heterocycles. The summed E-state index contributed by atoms with van der Waals surface area (Å²) in [6.07, 6.45) is 0. The summed E-state index contributed by atoms with van der Waals surface area (Å²) in [4.78, 5) is 21.7. The van der Waals surface area contributed by atoms with Gasteiger partial charge in [0.15, 0.2) is 5.13 Å². The van der Waals surface area contributed by atoms with Gasteiger partial charge in [0.2, 0.25) is 0 Å². The molecule has 0 aliphatic heterocycles. The molecule has 0 unspecified atom stereocenters. The molecule has 6 nitrogen and oxygen atoms in total. The first-order valence-corrected chi connectivity index (χ1v) is 10.4. The molecular formula is C20H22Cl3N3O3S. The van der Waals surface area contributed by atoms with Crippen LogP contribution in [0.15, 0.2) is 30.3 Å². The molecule has 10 heteroatoms. The number of rotatable bonds is 7. The van der Waals surface area contributed by atoms with Gasteiger partial charge in [-0.3, -0.25) is 9.69 Å². The Morgan fingerprint density at radius 3 is 2.33 bits per heavy atom. The third-order valence-electron chi connectivity index (χ3n) is 4.31. The lowest BCUT2D eigenvalue weighted by atomic mass is 10.2.